The molecule has 0 aromatic heterocycles. The molecule has 0 unspecified atom stereocenters. The second-order valence-corrected chi connectivity index (χ2v) is 8.15. The molecule has 110 valence electrons. The van der Waals surface area contributed by atoms with Gasteiger partial charge in [0, 0.05) is 18.7 Å². The van der Waals surface area contributed by atoms with Crippen LogP contribution < -0.4 is 10.6 Å². The van der Waals surface area contributed by atoms with E-state index >= 15 is 0 Å². The molecule has 2 N–H and O–H groups in total. The lowest BCUT2D eigenvalue weighted by Crippen LogP contribution is -2.28. The van der Waals surface area contributed by atoms with Crippen molar-refractivity contribution in [1.29, 1.82) is 0 Å². The Morgan fingerprint density at radius 1 is 1.35 bits per heavy atom. The quantitative estimate of drug-likeness (QED) is 0.793. The van der Waals surface area contributed by atoms with Gasteiger partial charge in [-0.3, -0.25) is 0 Å². The monoisotopic (exact) mass is 380 g/mol. The molecule has 1 fully saturated rings. The lowest BCUT2D eigenvalue weighted by Gasteiger charge is -2.23. The van der Waals surface area contributed by atoms with E-state index < -0.39 is 15.7 Å². The summed E-state index contributed by atoms with van der Waals surface area (Å²) in [4.78, 5) is 1.86. The molecule has 20 heavy (non-hydrogen) atoms. The van der Waals surface area contributed by atoms with E-state index in [0.29, 0.717) is 24.2 Å². The third-order valence-corrected chi connectivity index (χ3v) is 5.93. The summed E-state index contributed by atoms with van der Waals surface area (Å²) < 4.78 is 37.8. The Labute approximate surface area is 131 Å². The average molecular weight is 381 g/mol. The summed E-state index contributed by atoms with van der Waals surface area (Å²) >= 11 is 8.00. The first-order valence-electron chi connectivity index (χ1n) is 6.05. The first kappa shape index (κ1) is 15.7. The number of halogens is 2. The first-order valence-corrected chi connectivity index (χ1v) is 9.07. The molecule has 1 aliphatic heterocycles. The number of rotatable bonds is 2. The normalized spacial score (nSPS) is 18.6. The van der Waals surface area contributed by atoms with Gasteiger partial charge in [-0.25, -0.2) is 12.8 Å². The van der Waals surface area contributed by atoms with Crippen LogP contribution in [0.2, 0.25) is 0 Å². The maximum Gasteiger partial charge on any atom is 0.161 e. The van der Waals surface area contributed by atoms with E-state index in [1.54, 1.807) is 17.0 Å². The molecular weight excluding hydrogens is 367 g/mol. The van der Waals surface area contributed by atoms with Crippen molar-refractivity contribution >= 4 is 48.7 Å². The molecule has 0 radical (unpaired) electrons. The molecule has 1 aromatic carbocycles. The van der Waals surface area contributed by atoms with Crippen LogP contribution in [0.4, 0.5) is 10.1 Å². The van der Waals surface area contributed by atoms with E-state index in [4.69, 9.17) is 18.0 Å². The molecule has 0 saturated carbocycles. The minimum Gasteiger partial charge on any atom is -0.389 e. The van der Waals surface area contributed by atoms with Gasteiger partial charge < -0.3 is 10.6 Å². The molecule has 0 amide bonds. The van der Waals surface area contributed by atoms with Gasteiger partial charge in [-0.2, -0.15) is 0 Å². The second kappa shape index (κ2) is 5.95. The molecule has 1 aromatic rings. The molecule has 1 saturated heterocycles. The number of hydrogen-bond donors (Lipinski definition) is 1. The molecule has 0 spiro atoms. The summed E-state index contributed by atoms with van der Waals surface area (Å²) in [5.74, 6) is -0.271. The van der Waals surface area contributed by atoms with E-state index in [9.17, 15) is 12.8 Å². The number of nitrogens with two attached hydrogens (primary N) is 1. The van der Waals surface area contributed by atoms with Gasteiger partial charge in [0.2, 0.25) is 0 Å². The molecule has 4 nitrogen and oxygen atoms in total. The maximum absolute atomic E-state index is 14.4. The SMILES string of the molecule is NC(=S)c1ccc(N2CCCS(=O)(=O)CC2)c(F)c1Br. The number of anilines is 1. The minimum atomic E-state index is -3.02. The van der Waals surface area contributed by atoms with Crippen LogP contribution in [0, 0.1) is 5.82 Å². The second-order valence-electron chi connectivity index (χ2n) is 4.62. The highest BCUT2D eigenvalue weighted by Crippen LogP contribution is 2.30. The smallest absolute Gasteiger partial charge is 0.161 e. The van der Waals surface area contributed by atoms with E-state index in [1.807, 2.05) is 0 Å². The number of benzene rings is 1. The number of sulfone groups is 1. The average Bonchev–Trinajstić information content (AvgIpc) is 2.53. The fraction of sp³-hybridized carbons (Fsp3) is 0.417. The number of thiocarbonyl (C=S) groups is 1. The van der Waals surface area contributed by atoms with Gasteiger partial charge in [0.05, 0.1) is 21.7 Å². The van der Waals surface area contributed by atoms with E-state index in [-0.39, 0.29) is 27.5 Å². The van der Waals surface area contributed by atoms with Gasteiger partial charge in [-0.15, -0.1) is 0 Å². The highest BCUT2D eigenvalue weighted by atomic mass is 79.9. The van der Waals surface area contributed by atoms with Crippen molar-refractivity contribution in [2.75, 3.05) is 29.5 Å². The van der Waals surface area contributed by atoms with Gasteiger partial charge in [-0.1, -0.05) is 12.2 Å². The van der Waals surface area contributed by atoms with Crippen molar-refractivity contribution in [1.82, 2.24) is 0 Å². The van der Waals surface area contributed by atoms with Crippen LogP contribution in [0.15, 0.2) is 16.6 Å². The summed E-state index contributed by atoms with van der Waals surface area (Å²) in [6, 6.07) is 3.23. The third-order valence-electron chi connectivity index (χ3n) is 3.22. The highest BCUT2D eigenvalue weighted by Gasteiger charge is 2.23. The Bertz CT molecular complexity index is 649. The Morgan fingerprint density at radius 2 is 2.05 bits per heavy atom. The Hall–Kier alpha value is -0.730. The van der Waals surface area contributed by atoms with Crippen LogP contribution in [-0.2, 0) is 9.84 Å². The fourth-order valence-corrected chi connectivity index (χ4v) is 4.27. The zero-order valence-electron chi connectivity index (χ0n) is 10.6. The van der Waals surface area contributed by atoms with E-state index in [0.717, 1.165) is 0 Å². The zero-order valence-corrected chi connectivity index (χ0v) is 13.8. The predicted octanol–water partition coefficient (Wildman–Crippen LogP) is 1.85. The van der Waals surface area contributed by atoms with Crippen molar-refractivity contribution < 1.29 is 12.8 Å². The minimum absolute atomic E-state index is 0.0428. The van der Waals surface area contributed by atoms with Crippen LogP contribution in [0.1, 0.15) is 12.0 Å². The Morgan fingerprint density at radius 3 is 2.70 bits per heavy atom. The van der Waals surface area contributed by atoms with Gasteiger partial charge in [0.25, 0.3) is 0 Å². The molecule has 8 heteroatoms. The largest absolute Gasteiger partial charge is 0.389 e. The molecular formula is C12H14BrFN2O2S2. The van der Waals surface area contributed by atoms with Crippen LogP contribution in [0.25, 0.3) is 0 Å². The zero-order chi connectivity index (χ0) is 14.9. The van der Waals surface area contributed by atoms with Crippen LogP contribution in [-0.4, -0.2) is 38.0 Å². The first-order chi connectivity index (χ1) is 9.32. The summed E-state index contributed by atoms with van der Waals surface area (Å²) in [7, 11) is -3.02. The molecule has 0 aliphatic carbocycles. The Balaban J connectivity index is 2.34. The van der Waals surface area contributed by atoms with Crippen molar-refractivity contribution in [3.05, 3.63) is 28.0 Å². The lowest BCUT2D eigenvalue weighted by molar-refractivity contribution is 0.596. The van der Waals surface area contributed by atoms with Crippen molar-refractivity contribution in [3.63, 3.8) is 0 Å². The molecule has 0 atom stereocenters. The van der Waals surface area contributed by atoms with Gasteiger partial charge in [0.1, 0.15) is 4.99 Å². The van der Waals surface area contributed by atoms with Crippen LogP contribution in [0.3, 0.4) is 0 Å². The van der Waals surface area contributed by atoms with Gasteiger partial charge in [0.15, 0.2) is 15.7 Å². The highest BCUT2D eigenvalue weighted by molar-refractivity contribution is 9.10. The van der Waals surface area contributed by atoms with E-state index in [1.165, 1.54) is 0 Å². The predicted molar refractivity (Wildman–Crippen MR) is 85.5 cm³/mol. The van der Waals surface area contributed by atoms with Crippen molar-refractivity contribution in [3.8, 4) is 0 Å². The number of hydrogen-bond acceptors (Lipinski definition) is 4. The van der Waals surface area contributed by atoms with Crippen molar-refractivity contribution in [2.24, 2.45) is 5.73 Å². The maximum atomic E-state index is 14.4. The van der Waals surface area contributed by atoms with Gasteiger partial charge in [-0.05, 0) is 34.5 Å². The lowest BCUT2D eigenvalue weighted by atomic mass is 10.1. The molecule has 1 aliphatic rings. The summed E-state index contributed by atoms with van der Waals surface area (Å²) in [5, 5.41) is 0. The molecule has 1 heterocycles. The standard InChI is InChI=1S/C12H14BrFN2O2S2/c13-10-8(12(15)19)2-3-9(11(10)14)16-4-1-6-20(17,18)7-5-16/h2-3H,1,4-7H2,(H2,15,19). The van der Waals surface area contributed by atoms with Gasteiger partial charge >= 0.3 is 0 Å². The molecule has 0 bridgehead atoms. The van der Waals surface area contributed by atoms with Crippen LogP contribution >= 0.6 is 28.1 Å². The topological polar surface area (TPSA) is 63.4 Å². The van der Waals surface area contributed by atoms with Crippen molar-refractivity contribution in [2.45, 2.75) is 6.42 Å². The summed E-state index contributed by atoms with van der Waals surface area (Å²) in [6.07, 6.45) is 0.496. The summed E-state index contributed by atoms with van der Waals surface area (Å²) in [6.45, 7) is 0.799. The Kier molecular flexibility index (Phi) is 4.66. The fourth-order valence-electron chi connectivity index (χ4n) is 2.15. The number of nitrogens with zero attached hydrogens (tertiary/aromatic N) is 1. The molecule has 2 rings (SSSR count). The third kappa shape index (κ3) is 3.29. The summed E-state index contributed by atoms with van der Waals surface area (Å²) in [5.41, 5.74) is 6.32. The van der Waals surface area contributed by atoms with Crippen LogP contribution in [0.5, 0.6) is 0 Å². The van der Waals surface area contributed by atoms with E-state index in [2.05, 4.69) is 15.9 Å².